The van der Waals surface area contributed by atoms with Crippen molar-refractivity contribution in [1.82, 2.24) is 5.43 Å². The topological polar surface area (TPSA) is 89.0 Å². The van der Waals surface area contributed by atoms with Crippen LogP contribution in [-0.2, 0) is 9.59 Å². The molecule has 0 atom stereocenters. The molecule has 0 bridgehead atoms. The van der Waals surface area contributed by atoms with Gasteiger partial charge in [-0.05, 0) is 43.2 Å². The first-order valence-corrected chi connectivity index (χ1v) is 9.37. The van der Waals surface area contributed by atoms with Gasteiger partial charge in [-0.2, -0.15) is 5.10 Å². The first-order valence-electron chi connectivity index (χ1n) is 9.37. The average Bonchev–Trinajstić information content (AvgIpc) is 2.73. The summed E-state index contributed by atoms with van der Waals surface area (Å²) in [7, 11) is 1.52. The van der Waals surface area contributed by atoms with Crippen LogP contribution in [0.1, 0.15) is 29.5 Å². The molecule has 2 rings (SSSR count). The van der Waals surface area contributed by atoms with Crippen molar-refractivity contribution in [1.29, 1.82) is 0 Å². The molecular weight excluding hydrogens is 382 g/mol. The number of hydrogen-bond acceptors (Lipinski definition) is 5. The van der Waals surface area contributed by atoms with Crippen molar-refractivity contribution in [3.05, 3.63) is 53.1 Å². The number of carbonyl (C=O) groups is 2. The highest BCUT2D eigenvalue weighted by molar-refractivity contribution is 5.94. The summed E-state index contributed by atoms with van der Waals surface area (Å²) in [5, 5.41) is 6.75. The van der Waals surface area contributed by atoms with Crippen molar-refractivity contribution in [2.45, 2.75) is 26.7 Å². The van der Waals surface area contributed by atoms with Crippen LogP contribution in [0.3, 0.4) is 0 Å². The second-order valence-corrected chi connectivity index (χ2v) is 6.53. The van der Waals surface area contributed by atoms with Gasteiger partial charge in [-0.25, -0.2) is 5.43 Å². The van der Waals surface area contributed by atoms with Crippen LogP contribution in [0.5, 0.6) is 11.5 Å². The molecule has 0 aliphatic heterocycles. The normalized spacial score (nSPS) is 10.3. The molecule has 0 fully saturated rings. The van der Waals surface area contributed by atoms with Gasteiger partial charge in [-0.15, -0.1) is 6.42 Å². The van der Waals surface area contributed by atoms with Crippen LogP contribution < -0.4 is 20.2 Å². The van der Waals surface area contributed by atoms with Gasteiger partial charge in [0.1, 0.15) is 6.61 Å². The summed E-state index contributed by atoms with van der Waals surface area (Å²) in [5.74, 6) is 2.71. The third kappa shape index (κ3) is 6.67. The second kappa shape index (κ2) is 11.3. The molecule has 0 radical (unpaired) electrons. The van der Waals surface area contributed by atoms with Crippen LogP contribution in [-0.4, -0.2) is 31.7 Å². The van der Waals surface area contributed by atoms with E-state index in [1.54, 1.807) is 18.2 Å². The Morgan fingerprint density at radius 1 is 1.17 bits per heavy atom. The molecule has 2 amide bonds. The number of hydrazone groups is 1. The minimum Gasteiger partial charge on any atom is -0.493 e. The number of amides is 2. The molecule has 0 aliphatic carbocycles. The molecule has 7 nitrogen and oxygen atoms in total. The number of benzene rings is 2. The van der Waals surface area contributed by atoms with Gasteiger partial charge in [0.2, 0.25) is 11.8 Å². The van der Waals surface area contributed by atoms with E-state index in [0.717, 1.165) is 16.8 Å². The average molecular weight is 407 g/mol. The van der Waals surface area contributed by atoms with Crippen molar-refractivity contribution < 1.29 is 19.1 Å². The standard InChI is InChI=1S/C23H25N3O4/c1-5-13-30-23-18(7-6-8-20(23)29-4)15-24-26-22(28)12-11-21(27)25-19-14-16(2)9-10-17(19)3/h1,6-10,14-15H,11-13H2,2-4H3,(H,25,27)(H,26,28). The van der Waals surface area contributed by atoms with Gasteiger partial charge in [0.15, 0.2) is 11.5 Å². The molecule has 30 heavy (non-hydrogen) atoms. The number of rotatable bonds is 9. The van der Waals surface area contributed by atoms with E-state index in [1.807, 2.05) is 32.0 Å². The molecule has 0 aliphatic rings. The van der Waals surface area contributed by atoms with Gasteiger partial charge in [0, 0.05) is 24.1 Å². The zero-order valence-corrected chi connectivity index (χ0v) is 17.3. The molecular formula is C23H25N3O4. The molecule has 0 spiro atoms. The Kier molecular flexibility index (Phi) is 8.45. The Bertz CT molecular complexity index is 977. The molecule has 2 N–H and O–H groups in total. The number of nitrogens with one attached hydrogen (secondary N) is 2. The number of nitrogens with zero attached hydrogens (tertiary/aromatic N) is 1. The van der Waals surface area contributed by atoms with Gasteiger partial charge in [0.05, 0.1) is 13.3 Å². The predicted molar refractivity (Wildman–Crippen MR) is 117 cm³/mol. The maximum Gasteiger partial charge on any atom is 0.240 e. The van der Waals surface area contributed by atoms with Crippen LogP contribution in [0, 0.1) is 26.2 Å². The second-order valence-electron chi connectivity index (χ2n) is 6.53. The number of hydrogen-bond donors (Lipinski definition) is 2. The van der Waals surface area contributed by atoms with Crippen LogP contribution in [0.2, 0.25) is 0 Å². The number of methoxy groups -OCH3 is 1. The summed E-state index contributed by atoms with van der Waals surface area (Å²) >= 11 is 0. The molecule has 0 saturated carbocycles. The molecule has 156 valence electrons. The van der Waals surface area contributed by atoms with Gasteiger partial charge in [-0.1, -0.05) is 24.1 Å². The number of para-hydroxylation sites is 1. The fraction of sp³-hybridized carbons (Fsp3) is 0.261. The SMILES string of the molecule is C#CCOc1c(C=NNC(=O)CCC(=O)Nc2cc(C)ccc2C)cccc1OC. The lowest BCUT2D eigenvalue weighted by Gasteiger charge is -2.11. The summed E-state index contributed by atoms with van der Waals surface area (Å²) in [6.45, 7) is 3.94. The maximum absolute atomic E-state index is 12.1. The van der Waals surface area contributed by atoms with E-state index in [1.165, 1.54) is 13.3 Å². The molecule has 0 unspecified atom stereocenters. The monoisotopic (exact) mass is 407 g/mol. The molecule has 0 heterocycles. The molecule has 2 aromatic carbocycles. The number of aryl methyl sites for hydroxylation is 2. The van der Waals surface area contributed by atoms with E-state index in [2.05, 4.69) is 21.8 Å². The molecule has 2 aromatic rings. The van der Waals surface area contributed by atoms with E-state index >= 15 is 0 Å². The molecule has 7 heteroatoms. The van der Waals surface area contributed by atoms with E-state index in [4.69, 9.17) is 15.9 Å². The lowest BCUT2D eigenvalue weighted by atomic mass is 10.1. The zero-order valence-electron chi connectivity index (χ0n) is 17.3. The smallest absolute Gasteiger partial charge is 0.240 e. The first kappa shape index (κ1) is 22.5. The van der Waals surface area contributed by atoms with Gasteiger partial charge in [-0.3, -0.25) is 9.59 Å². The lowest BCUT2D eigenvalue weighted by Crippen LogP contribution is -2.21. The third-order valence-electron chi connectivity index (χ3n) is 4.17. The fourth-order valence-electron chi connectivity index (χ4n) is 2.60. The highest BCUT2D eigenvalue weighted by atomic mass is 16.5. The van der Waals surface area contributed by atoms with E-state index < -0.39 is 0 Å². The third-order valence-corrected chi connectivity index (χ3v) is 4.17. The summed E-state index contributed by atoms with van der Waals surface area (Å²) in [6, 6.07) is 11.1. The minimum absolute atomic E-state index is 0.00655. The number of ether oxygens (including phenoxy) is 2. The Hall–Kier alpha value is -3.79. The predicted octanol–water partition coefficient (Wildman–Crippen LogP) is 3.19. The largest absolute Gasteiger partial charge is 0.493 e. The first-order chi connectivity index (χ1) is 14.4. The highest BCUT2D eigenvalue weighted by Crippen LogP contribution is 2.29. The Labute approximate surface area is 176 Å². The number of carbonyl (C=O) groups excluding carboxylic acids is 2. The fourth-order valence-corrected chi connectivity index (χ4v) is 2.60. The van der Waals surface area contributed by atoms with Crippen LogP contribution in [0.4, 0.5) is 5.69 Å². The quantitative estimate of drug-likeness (QED) is 0.380. The van der Waals surface area contributed by atoms with Crippen LogP contribution in [0.15, 0.2) is 41.5 Å². The zero-order chi connectivity index (χ0) is 21.9. The Morgan fingerprint density at radius 2 is 1.93 bits per heavy atom. The molecule has 0 saturated heterocycles. The van der Waals surface area contributed by atoms with Gasteiger partial charge < -0.3 is 14.8 Å². The van der Waals surface area contributed by atoms with Crippen molar-refractivity contribution in [3.8, 4) is 23.8 Å². The van der Waals surface area contributed by atoms with Crippen molar-refractivity contribution >= 4 is 23.7 Å². The summed E-state index contributed by atoms with van der Waals surface area (Å²) in [6.07, 6.45) is 6.73. The van der Waals surface area contributed by atoms with E-state index in [0.29, 0.717) is 17.1 Å². The van der Waals surface area contributed by atoms with E-state index in [-0.39, 0.29) is 31.3 Å². The maximum atomic E-state index is 12.1. The lowest BCUT2D eigenvalue weighted by molar-refractivity contribution is -0.124. The molecule has 0 aromatic heterocycles. The van der Waals surface area contributed by atoms with Crippen molar-refractivity contribution in [2.24, 2.45) is 5.10 Å². The van der Waals surface area contributed by atoms with Crippen molar-refractivity contribution in [2.75, 3.05) is 19.0 Å². The summed E-state index contributed by atoms with van der Waals surface area (Å²) < 4.78 is 10.8. The Balaban J connectivity index is 1.89. The summed E-state index contributed by atoms with van der Waals surface area (Å²) in [4.78, 5) is 24.1. The van der Waals surface area contributed by atoms with Gasteiger partial charge in [0.25, 0.3) is 0 Å². The number of anilines is 1. The highest BCUT2D eigenvalue weighted by Gasteiger charge is 2.10. The summed E-state index contributed by atoms with van der Waals surface area (Å²) in [5.41, 5.74) is 5.76. The minimum atomic E-state index is -0.378. The van der Waals surface area contributed by atoms with E-state index in [9.17, 15) is 9.59 Å². The van der Waals surface area contributed by atoms with Gasteiger partial charge >= 0.3 is 0 Å². The van der Waals surface area contributed by atoms with Crippen LogP contribution >= 0.6 is 0 Å². The Morgan fingerprint density at radius 3 is 2.67 bits per heavy atom. The number of terminal acetylenes is 1. The van der Waals surface area contributed by atoms with Crippen LogP contribution in [0.25, 0.3) is 0 Å². The van der Waals surface area contributed by atoms with Crippen molar-refractivity contribution in [3.63, 3.8) is 0 Å².